The molecule has 0 radical (unpaired) electrons. The number of rotatable bonds is 12. The van der Waals surface area contributed by atoms with E-state index in [1.165, 1.54) is 0 Å². The molecule has 4 N–H and O–H groups in total. The van der Waals surface area contributed by atoms with E-state index in [1.807, 2.05) is 19.1 Å². The number of amides is 1. The van der Waals surface area contributed by atoms with Crippen molar-refractivity contribution >= 4 is 27.8 Å². The summed E-state index contributed by atoms with van der Waals surface area (Å²) in [7, 11) is 0. The Balaban J connectivity index is 2.33. The Morgan fingerprint density at radius 1 is 1.11 bits per heavy atom. The van der Waals surface area contributed by atoms with Crippen LogP contribution in [0.1, 0.15) is 49.9 Å². The van der Waals surface area contributed by atoms with Crippen molar-refractivity contribution in [1.29, 1.82) is 0 Å². The van der Waals surface area contributed by atoms with Crippen LogP contribution in [0.4, 0.5) is 0 Å². The van der Waals surface area contributed by atoms with Crippen molar-refractivity contribution in [1.82, 2.24) is 16.0 Å². The highest BCUT2D eigenvalue weighted by atomic mass is 79.9. The first-order chi connectivity index (χ1) is 13.1. The number of guanidine groups is 1. The lowest BCUT2D eigenvalue weighted by atomic mass is 10.0. The Morgan fingerprint density at radius 3 is 2.44 bits per heavy atom. The Kier molecular flexibility index (Phi) is 12.6. The molecule has 1 aromatic rings. The summed E-state index contributed by atoms with van der Waals surface area (Å²) in [5, 5.41) is 18.6. The molecule has 1 amide bonds. The van der Waals surface area contributed by atoms with Crippen LogP contribution in [0.25, 0.3) is 0 Å². The van der Waals surface area contributed by atoms with Crippen molar-refractivity contribution in [2.75, 3.05) is 32.8 Å². The van der Waals surface area contributed by atoms with Crippen molar-refractivity contribution in [2.24, 2.45) is 10.9 Å². The number of carbonyl (C=O) groups is 1. The van der Waals surface area contributed by atoms with Crippen molar-refractivity contribution < 1.29 is 9.90 Å². The van der Waals surface area contributed by atoms with Gasteiger partial charge in [-0.15, -0.1) is 0 Å². The van der Waals surface area contributed by atoms with Crippen LogP contribution in [0.15, 0.2) is 33.7 Å². The monoisotopic (exact) mass is 440 g/mol. The number of aliphatic imine (C=N–C) groups is 1. The number of aliphatic hydroxyl groups is 1. The summed E-state index contributed by atoms with van der Waals surface area (Å²) in [6.45, 7) is 7.24. The van der Waals surface area contributed by atoms with Gasteiger partial charge in [-0.3, -0.25) is 9.79 Å². The van der Waals surface area contributed by atoms with Crippen LogP contribution in [0.2, 0.25) is 0 Å². The lowest BCUT2D eigenvalue weighted by Gasteiger charge is -2.15. The maximum atomic E-state index is 12.1. The first-order valence-electron chi connectivity index (χ1n) is 9.77. The number of nitrogens with one attached hydrogen (secondary N) is 3. The zero-order valence-corrected chi connectivity index (χ0v) is 18.0. The van der Waals surface area contributed by atoms with Gasteiger partial charge in [-0.2, -0.15) is 0 Å². The fourth-order valence-electron chi connectivity index (χ4n) is 2.68. The second kappa shape index (κ2) is 14.5. The molecule has 1 rings (SSSR count). The number of hydrogen-bond acceptors (Lipinski definition) is 3. The summed E-state index contributed by atoms with van der Waals surface area (Å²) in [6.07, 6.45) is 3.77. The Labute approximate surface area is 171 Å². The van der Waals surface area contributed by atoms with Crippen molar-refractivity contribution in [3.63, 3.8) is 0 Å². The minimum absolute atomic E-state index is 0.0607. The van der Waals surface area contributed by atoms with Gasteiger partial charge in [0.2, 0.25) is 0 Å². The van der Waals surface area contributed by atoms with Gasteiger partial charge in [-0.25, -0.2) is 0 Å². The lowest BCUT2D eigenvalue weighted by Crippen LogP contribution is -2.39. The highest BCUT2D eigenvalue weighted by Crippen LogP contribution is 2.11. The Hall–Kier alpha value is -1.60. The van der Waals surface area contributed by atoms with Gasteiger partial charge in [0.25, 0.3) is 5.91 Å². The molecule has 0 spiro atoms. The predicted molar refractivity (Wildman–Crippen MR) is 115 cm³/mol. The second-order valence-electron chi connectivity index (χ2n) is 6.43. The fourth-order valence-corrected chi connectivity index (χ4v) is 2.94. The topological polar surface area (TPSA) is 85.8 Å². The van der Waals surface area contributed by atoms with Crippen molar-refractivity contribution in [3.8, 4) is 0 Å². The van der Waals surface area contributed by atoms with E-state index < -0.39 is 0 Å². The van der Waals surface area contributed by atoms with Gasteiger partial charge in [-0.1, -0.05) is 29.3 Å². The normalized spacial score (nSPS) is 12.5. The first-order valence-corrected chi connectivity index (χ1v) is 10.6. The Bertz CT molecular complexity index is 558. The van der Waals surface area contributed by atoms with E-state index in [1.54, 1.807) is 12.1 Å². The average Bonchev–Trinajstić information content (AvgIpc) is 2.66. The number of aliphatic hydroxyl groups excluding tert-OH is 1. The second-order valence-corrected chi connectivity index (χ2v) is 7.35. The molecule has 1 aromatic carbocycles. The van der Waals surface area contributed by atoms with Crippen LogP contribution in [0.5, 0.6) is 0 Å². The van der Waals surface area contributed by atoms with Crippen molar-refractivity contribution in [2.45, 2.75) is 39.5 Å². The number of halogens is 1. The summed E-state index contributed by atoms with van der Waals surface area (Å²) < 4.78 is 0.957. The SMILES string of the molecule is CCCC(CCO)CN=C(NCC)NCCCNC(=O)c1ccc(Br)cc1. The van der Waals surface area contributed by atoms with Gasteiger partial charge in [0.05, 0.1) is 0 Å². The minimum atomic E-state index is -0.0607. The standard InChI is InChI=1S/C20H33BrN4O2/c1-3-6-16(11-14-26)15-25-20(22-4-2)24-13-5-12-23-19(27)17-7-9-18(21)10-8-17/h7-10,16,26H,3-6,11-15H2,1-2H3,(H,23,27)(H2,22,24,25). The molecule has 0 heterocycles. The van der Waals surface area contributed by atoms with Gasteiger partial charge in [-0.05, 0) is 56.4 Å². The number of nitrogens with zero attached hydrogens (tertiary/aromatic N) is 1. The van der Waals surface area contributed by atoms with E-state index in [0.29, 0.717) is 24.6 Å². The molecule has 0 aliphatic heterocycles. The maximum absolute atomic E-state index is 12.1. The van der Waals surface area contributed by atoms with E-state index in [9.17, 15) is 4.79 Å². The van der Waals surface area contributed by atoms with E-state index >= 15 is 0 Å². The van der Waals surface area contributed by atoms with E-state index in [-0.39, 0.29) is 12.5 Å². The summed E-state index contributed by atoms with van der Waals surface area (Å²) in [5.41, 5.74) is 0.659. The summed E-state index contributed by atoms with van der Waals surface area (Å²) in [4.78, 5) is 16.7. The molecule has 27 heavy (non-hydrogen) atoms. The van der Waals surface area contributed by atoms with Crippen LogP contribution in [-0.2, 0) is 0 Å². The molecule has 0 saturated heterocycles. The van der Waals surface area contributed by atoms with Crippen LogP contribution >= 0.6 is 15.9 Å². The molecule has 0 fully saturated rings. The molecular formula is C20H33BrN4O2. The summed E-state index contributed by atoms with van der Waals surface area (Å²) in [5.74, 6) is 1.14. The number of benzene rings is 1. The van der Waals surface area contributed by atoms with E-state index in [4.69, 9.17) is 5.11 Å². The molecule has 6 nitrogen and oxygen atoms in total. The predicted octanol–water partition coefficient (Wildman–Crippen LogP) is 2.92. The summed E-state index contributed by atoms with van der Waals surface area (Å²) in [6, 6.07) is 7.32. The smallest absolute Gasteiger partial charge is 0.251 e. The molecule has 1 atom stereocenters. The van der Waals surface area contributed by atoms with E-state index in [0.717, 1.165) is 49.2 Å². The third-order valence-electron chi connectivity index (χ3n) is 4.12. The molecule has 0 saturated carbocycles. The van der Waals surface area contributed by atoms with Crippen LogP contribution in [0, 0.1) is 5.92 Å². The largest absolute Gasteiger partial charge is 0.396 e. The average molecular weight is 441 g/mol. The van der Waals surface area contributed by atoms with Crippen LogP contribution in [0.3, 0.4) is 0 Å². The fraction of sp³-hybridized carbons (Fsp3) is 0.600. The molecule has 7 heteroatoms. The van der Waals surface area contributed by atoms with Crippen LogP contribution in [-0.4, -0.2) is 49.8 Å². The van der Waals surface area contributed by atoms with Gasteiger partial charge < -0.3 is 21.1 Å². The molecule has 0 bridgehead atoms. The molecule has 0 aliphatic rings. The van der Waals surface area contributed by atoms with Gasteiger partial charge in [0.1, 0.15) is 0 Å². The Morgan fingerprint density at radius 2 is 1.81 bits per heavy atom. The number of carbonyl (C=O) groups excluding carboxylic acids is 1. The molecule has 152 valence electrons. The lowest BCUT2D eigenvalue weighted by molar-refractivity contribution is 0.0953. The zero-order chi connectivity index (χ0) is 19.9. The first kappa shape index (κ1) is 23.4. The molecule has 1 unspecified atom stereocenters. The third kappa shape index (κ3) is 10.3. The third-order valence-corrected chi connectivity index (χ3v) is 4.65. The van der Waals surface area contributed by atoms with Gasteiger partial charge in [0.15, 0.2) is 5.96 Å². The highest BCUT2D eigenvalue weighted by Gasteiger charge is 2.07. The quantitative estimate of drug-likeness (QED) is 0.228. The molecule has 0 aliphatic carbocycles. The molecular weight excluding hydrogens is 408 g/mol. The van der Waals surface area contributed by atoms with Crippen LogP contribution < -0.4 is 16.0 Å². The summed E-state index contributed by atoms with van der Waals surface area (Å²) >= 11 is 3.36. The van der Waals surface area contributed by atoms with Gasteiger partial charge >= 0.3 is 0 Å². The van der Waals surface area contributed by atoms with Gasteiger partial charge in [0, 0.05) is 42.8 Å². The maximum Gasteiger partial charge on any atom is 0.251 e. The van der Waals surface area contributed by atoms with Crippen molar-refractivity contribution in [3.05, 3.63) is 34.3 Å². The minimum Gasteiger partial charge on any atom is -0.396 e. The highest BCUT2D eigenvalue weighted by molar-refractivity contribution is 9.10. The zero-order valence-electron chi connectivity index (χ0n) is 16.4. The van der Waals surface area contributed by atoms with E-state index in [2.05, 4.69) is 43.8 Å². The number of hydrogen-bond donors (Lipinski definition) is 4. The molecule has 0 aromatic heterocycles.